The topological polar surface area (TPSA) is 3.24 Å². The Morgan fingerprint density at radius 1 is 1.36 bits per heavy atom. The first-order valence-electron chi connectivity index (χ1n) is 3.72. The predicted molar refractivity (Wildman–Crippen MR) is 51.6 cm³/mol. The van der Waals surface area contributed by atoms with Crippen molar-refractivity contribution in [2.75, 3.05) is 20.6 Å². The molecule has 0 atom stereocenters. The third kappa shape index (κ3) is 4.57. The molecule has 0 rings (SSSR count). The average molecular weight is 151 g/mol. The number of hydrogen-bond acceptors (Lipinski definition) is 1. The van der Waals surface area contributed by atoms with Gasteiger partial charge in [0.15, 0.2) is 0 Å². The normalized spacial score (nSPS) is 9.73. The molecular weight excluding hydrogens is 134 g/mol. The molecule has 0 amide bonds. The molecule has 0 N–H and O–H groups in total. The van der Waals surface area contributed by atoms with Gasteiger partial charge in [-0.2, -0.15) is 0 Å². The first kappa shape index (κ1) is 10.2. The number of rotatable bonds is 5. The van der Waals surface area contributed by atoms with Crippen molar-refractivity contribution < 1.29 is 0 Å². The van der Waals surface area contributed by atoms with Crippen LogP contribution in [0.15, 0.2) is 37.0 Å². The Morgan fingerprint density at radius 3 is 2.27 bits per heavy atom. The molecule has 0 aliphatic carbocycles. The maximum Gasteiger partial charge on any atom is 0.00157 e. The minimum absolute atomic E-state index is 0.951. The second-order valence-corrected chi connectivity index (χ2v) is 2.89. The van der Waals surface area contributed by atoms with Crippen molar-refractivity contribution in [2.24, 2.45) is 0 Å². The lowest BCUT2D eigenvalue weighted by molar-refractivity contribution is 0.414. The summed E-state index contributed by atoms with van der Waals surface area (Å²) in [6.07, 6.45) is 2.72. The van der Waals surface area contributed by atoms with E-state index < -0.39 is 0 Å². The SMILES string of the molecule is C=CC(=C)C(=C)CCN(C)C. The summed E-state index contributed by atoms with van der Waals surface area (Å²) in [6.45, 7) is 12.4. The van der Waals surface area contributed by atoms with Crippen LogP contribution in [-0.2, 0) is 0 Å². The van der Waals surface area contributed by atoms with Crippen molar-refractivity contribution in [1.82, 2.24) is 4.90 Å². The smallest absolute Gasteiger partial charge is 0.00157 e. The van der Waals surface area contributed by atoms with Crippen LogP contribution in [0.4, 0.5) is 0 Å². The lowest BCUT2D eigenvalue weighted by Gasteiger charge is -2.10. The van der Waals surface area contributed by atoms with Gasteiger partial charge in [0, 0.05) is 6.54 Å². The first-order valence-corrected chi connectivity index (χ1v) is 3.72. The molecule has 62 valence electrons. The van der Waals surface area contributed by atoms with Crippen molar-refractivity contribution in [1.29, 1.82) is 0 Å². The Balaban J connectivity index is 3.70. The fourth-order valence-electron chi connectivity index (χ4n) is 0.663. The van der Waals surface area contributed by atoms with E-state index in [4.69, 9.17) is 0 Å². The van der Waals surface area contributed by atoms with Gasteiger partial charge in [-0.25, -0.2) is 0 Å². The van der Waals surface area contributed by atoms with E-state index in [1.165, 1.54) is 0 Å². The van der Waals surface area contributed by atoms with Gasteiger partial charge >= 0.3 is 0 Å². The summed E-state index contributed by atoms with van der Waals surface area (Å²) in [7, 11) is 4.09. The van der Waals surface area contributed by atoms with Gasteiger partial charge in [-0.3, -0.25) is 0 Å². The Kier molecular flexibility index (Phi) is 4.55. The fraction of sp³-hybridized carbons (Fsp3) is 0.400. The minimum Gasteiger partial charge on any atom is -0.309 e. The molecule has 0 heterocycles. The van der Waals surface area contributed by atoms with E-state index in [0.717, 1.165) is 24.1 Å². The summed E-state index contributed by atoms with van der Waals surface area (Å²) in [5, 5.41) is 0. The third-order valence-corrected chi connectivity index (χ3v) is 1.56. The van der Waals surface area contributed by atoms with Crippen molar-refractivity contribution >= 4 is 0 Å². The van der Waals surface area contributed by atoms with Gasteiger partial charge in [0.05, 0.1) is 0 Å². The maximum absolute atomic E-state index is 3.90. The van der Waals surface area contributed by atoms with E-state index in [2.05, 4.69) is 24.6 Å². The van der Waals surface area contributed by atoms with Crippen LogP contribution in [0, 0.1) is 0 Å². The molecule has 11 heavy (non-hydrogen) atoms. The molecule has 0 bridgehead atoms. The van der Waals surface area contributed by atoms with Crippen molar-refractivity contribution in [2.45, 2.75) is 6.42 Å². The molecule has 0 aromatic rings. The van der Waals surface area contributed by atoms with Gasteiger partial charge in [0.1, 0.15) is 0 Å². The molecule has 0 aromatic heterocycles. The van der Waals surface area contributed by atoms with Crippen LogP contribution in [0.2, 0.25) is 0 Å². The van der Waals surface area contributed by atoms with Gasteiger partial charge in [-0.15, -0.1) is 0 Å². The standard InChI is InChI=1S/C10H17N/c1-6-9(2)10(3)7-8-11(4)5/h6H,1-3,7-8H2,4-5H3. The lowest BCUT2D eigenvalue weighted by atomic mass is 10.1. The molecule has 0 unspecified atom stereocenters. The number of allylic oxidation sites excluding steroid dienone is 2. The molecule has 0 spiro atoms. The molecule has 0 aliphatic heterocycles. The van der Waals surface area contributed by atoms with Gasteiger partial charge in [0.2, 0.25) is 0 Å². The van der Waals surface area contributed by atoms with E-state index in [0.29, 0.717) is 0 Å². The molecule has 0 saturated carbocycles. The van der Waals surface area contributed by atoms with Crippen LogP contribution in [-0.4, -0.2) is 25.5 Å². The first-order chi connectivity index (χ1) is 5.07. The Bertz CT molecular complexity index is 166. The van der Waals surface area contributed by atoms with Crippen LogP contribution >= 0.6 is 0 Å². The van der Waals surface area contributed by atoms with Crippen molar-refractivity contribution in [3.8, 4) is 0 Å². The van der Waals surface area contributed by atoms with E-state index in [9.17, 15) is 0 Å². The van der Waals surface area contributed by atoms with Gasteiger partial charge in [-0.1, -0.05) is 25.8 Å². The Morgan fingerprint density at radius 2 is 1.91 bits per heavy atom. The molecule has 0 saturated heterocycles. The zero-order valence-electron chi connectivity index (χ0n) is 7.56. The summed E-state index contributed by atoms with van der Waals surface area (Å²) in [6, 6.07) is 0. The van der Waals surface area contributed by atoms with Crippen LogP contribution in [0.25, 0.3) is 0 Å². The molecule has 0 aliphatic rings. The predicted octanol–water partition coefficient (Wildman–Crippen LogP) is 2.24. The second-order valence-electron chi connectivity index (χ2n) is 2.89. The highest BCUT2D eigenvalue weighted by Gasteiger charge is 1.96. The second kappa shape index (κ2) is 4.91. The highest BCUT2D eigenvalue weighted by atomic mass is 15.0. The summed E-state index contributed by atoms with van der Waals surface area (Å²) >= 11 is 0. The quantitative estimate of drug-likeness (QED) is 0.545. The third-order valence-electron chi connectivity index (χ3n) is 1.56. The molecule has 0 radical (unpaired) electrons. The van der Waals surface area contributed by atoms with Gasteiger partial charge < -0.3 is 4.90 Å². The molecule has 1 heteroatoms. The van der Waals surface area contributed by atoms with E-state index in [1.807, 2.05) is 14.1 Å². The summed E-state index contributed by atoms with van der Waals surface area (Å²) in [5.74, 6) is 0. The molecular formula is C10H17N. The zero-order chi connectivity index (χ0) is 8.85. The van der Waals surface area contributed by atoms with Crippen LogP contribution in [0.5, 0.6) is 0 Å². The lowest BCUT2D eigenvalue weighted by Crippen LogP contribution is -2.13. The minimum atomic E-state index is 0.951. The molecule has 1 nitrogen and oxygen atoms in total. The average Bonchev–Trinajstić information content (AvgIpc) is 1.98. The highest BCUT2D eigenvalue weighted by Crippen LogP contribution is 2.09. The molecule has 0 aromatic carbocycles. The van der Waals surface area contributed by atoms with E-state index in [1.54, 1.807) is 6.08 Å². The van der Waals surface area contributed by atoms with Crippen molar-refractivity contribution in [3.63, 3.8) is 0 Å². The zero-order valence-corrected chi connectivity index (χ0v) is 7.56. The van der Waals surface area contributed by atoms with Crippen molar-refractivity contribution in [3.05, 3.63) is 37.0 Å². The highest BCUT2D eigenvalue weighted by molar-refractivity contribution is 5.33. The number of hydrogen-bond donors (Lipinski definition) is 0. The van der Waals surface area contributed by atoms with Crippen LogP contribution in [0.3, 0.4) is 0 Å². The monoisotopic (exact) mass is 151 g/mol. The van der Waals surface area contributed by atoms with Gasteiger partial charge in [0.25, 0.3) is 0 Å². The van der Waals surface area contributed by atoms with E-state index in [-0.39, 0.29) is 0 Å². The number of nitrogens with zero attached hydrogens (tertiary/aromatic N) is 1. The summed E-state index contributed by atoms with van der Waals surface area (Å²) < 4.78 is 0. The summed E-state index contributed by atoms with van der Waals surface area (Å²) in [5.41, 5.74) is 2.03. The van der Waals surface area contributed by atoms with E-state index >= 15 is 0 Å². The van der Waals surface area contributed by atoms with Gasteiger partial charge in [-0.05, 0) is 31.7 Å². The Labute approximate surface area is 69.7 Å². The van der Waals surface area contributed by atoms with Crippen LogP contribution in [0.1, 0.15) is 6.42 Å². The molecule has 0 fully saturated rings. The largest absolute Gasteiger partial charge is 0.309 e. The summed E-state index contributed by atoms with van der Waals surface area (Å²) in [4.78, 5) is 2.13. The Hall–Kier alpha value is -0.820. The fourth-order valence-corrected chi connectivity index (χ4v) is 0.663. The maximum atomic E-state index is 3.90. The van der Waals surface area contributed by atoms with Crippen LogP contribution < -0.4 is 0 Å².